The maximum atomic E-state index is 14.0. The number of amides is 3. The van der Waals surface area contributed by atoms with E-state index in [2.05, 4.69) is 6.58 Å². The van der Waals surface area contributed by atoms with Gasteiger partial charge in [0.15, 0.2) is 5.78 Å². The van der Waals surface area contributed by atoms with Crippen LogP contribution in [-0.2, 0) is 29.6 Å². The van der Waals surface area contributed by atoms with E-state index in [4.69, 9.17) is 0 Å². The van der Waals surface area contributed by atoms with E-state index < -0.39 is 18.3 Å². The molecule has 3 amide bonds. The molecular weight excluding hydrogens is 514 g/mol. The standard InChI is InChI=1S/C29H31N5O6/c1-4-12-32-17-26(37)33-24(13-19-8-10-21(36)11-9-19)28(38)31(16-25(33)34(32)29(39)40)14-20-6-5-7-22-23(18(2)35)15-30(3)27(20)22/h4-11,15,24-25,36H,1,12-14,16-17H2,2-3H3,(H,39,40). The summed E-state index contributed by atoms with van der Waals surface area (Å²) in [4.78, 5) is 55.1. The molecule has 3 heterocycles. The van der Waals surface area contributed by atoms with Gasteiger partial charge >= 0.3 is 6.09 Å². The summed E-state index contributed by atoms with van der Waals surface area (Å²) in [5.41, 5.74) is 2.90. The number of para-hydroxylation sites is 1. The number of piperazine rings is 1. The van der Waals surface area contributed by atoms with Crippen molar-refractivity contribution < 1.29 is 29.4 Å². The highest BCUT2D eigenvalue weighted by Gasteiger charge is 2.51. The van der Waals surface area contributed by atoms with Gasteiger partial charge in [0, 0.05) is 43.7 Å². The number of Topliss-reactive ketones (excluding diaryl/α,β-unsaturated/α-hetero) is 1. The number of hydrazine groups is 1. The summed E-state index contributed by atoms with van der Waals surface area (Å²) in [6.45, 7) is 5.27. The normalized spacial score (nSPS) is 19.7. The van der Waals surface area contributed by atoms with E-state index in [1.165, 1.54) is 35.0 Å². The molecule has 1 aromatic heterocycles. The van der Waals surface area contributed by atoms with E-state index in [-0.39, 0.29) is 55.9 Å². The van der Waals surface area contributed by atoms with Crippen LogP contribution in [0.15, 0.2) is 61.3 Å². The number of carboxylic acid groups (broad SMARTS) is 1. The van der Waals surface area contributed by atoms with Gasteiger partial charge in [-0.25, -0.2) is 14.8 Å². The Labute approximate surface area is 231 Å². The average Bonchev–Trinajstić information content (AvgIpc) is 3.25. The zero-order valence-corrected chi connectivity index (χ0v) is 22.4. The first kappa shape index (κ1) is 26.9. The highest BCUT2D eigenvalue weighted by molar-refractivity contribution is 6.07. The Bertz CT molecular complexity index is 1510. The van der Waals surface area contributed by atoms with Crippen molar-refractivity contribution in [1.82, 2.24) is 24.4 Å². The fraction of sp³-hybridized carbons (Fsp3) is 0.310. The van der Waals surface area contributed by atoms with Gasteiger partial charge < -0.3 is 24.6 Å². The van der Waals surface area contributed by atoms with Crippen LogP contribution in [-0.4, -0.2) is 90.1 Å². The topological polar surface area (TPSA) is 127 Å². The van der Waals surface area contributed by atoms with E-state index in [0.29, 0.717) is 5.56 Å². The lowest BCUT2D eigenvalue weighted by atomic mass is 9.98. The van der Waals surface area contributed by atoms with Gasteiger partial charge in [-0.2, -0.15) is 0 Å². The first-order valence-corrected chi connectivity index (χ1v) is 12.9. The molecule has 2 aliphatic heterocycles. The van der Waals surface area contributed by atoms with Crippen LogP contribution in [0.25, 0.3) is 10.9 Å². The molecule has 208 valence electrons. The van der Waals surface area contributed by atoms with E-state index in [1.54, 1.807) is 23.2 Å². The molecule has 2 unspecified atom stereocenters. The van der Waals surface area contributed by atoms with Crippen molar-refractivity contribution in [2.75, 3.05) is 19.6 Å². The maximum Gasteiger partial charge on any atom is 0.424 e. The smallest absolute Gasteiger partial charge is 0.424 e. The van der Waals surface area contributed by atoms with Crippen molar-refractivity contribution in [1.29, 1.82) is 0 Å². The second-order valence-corrected chi connectivity index (χ2v) is 10.2. The van der Waals surface area contributed by atoms with Gasteiger partial charge in [0.2, 0.25) is 11.8 Å². The molecule has 0 spiro atoms. The Morgan fingerprint density at radius 2 is 1.85 bits per heavy atom. The second-order valence-electron chi connectivity index (χ2n) is 10.2. The SMILES string of the molecule is C=CCN1CC(=O)N2C(Cc3ccc(O)cc3)C(=O)N(Cc3cccc4c(C(C)=O)cn(C)c34)CC2N1C(=O)O. The lowest BCUT2D eigenvalue weighted by molar-refractivity contribution is -0.192. The first-order valence-electron chi connectivity index (χ1n) is 12.9. The number of fused-ring (bicyclic) bond motifs is 2. The third-order valence-electron chi connectivity index (χ3n) is 7.56. The van der Waals surface area contributed by atoms with Crippen LogP contribution >= 0.6 is 0 Å². The quantitative estimate of drug-likeness (QED) is 0.345. The molecule has 11 nitrogen and oxygen atoms in total. The van der Waals surface area contributed by atoms with Crippen LogP contribution in [0.3, 0.4) is 0 Å². The zero-order valence-electron chi connectivity index (χ0n) is 22.4. The number of aromatic nitrogens is 1. The van der Waals surface area contributed by atoms with Crippen LogP contribution in [0.2, 0.25) is 0 Å². The molecule has 3 aromatic rings. The number of benzene rings is 2. The molecule has 11 heteroatoms. The Balaban J connectivity index is 1.57. The molecule has 0 bridgehead atoms. The number of aromatic hydroxyl groups is 1. The number of nitrogens with zero attached hydrogens (tertiary/aromatic N) is 5. The fourth-order valence-electron chi connectivity index (χ4n) is 5.85. The van der Waals surface area contributed by atoms with Crippen molar-refractivity contribution in [3.05, 3.63) is 78.0 Å². The molecule has 0 saturated carbocycles. The largest absolute Gasteiger partial charge is 0.508 e. The second kappa shape index (κ2) is 10.5. The van der Waals surface area contributed by atoms with E-state index in [9.17, 15) is 29.4 Å². The van der Waals surface area contributed by atoms with Gasteiger partial charge in [0.1, 0.15) is 18.0 Å². The van der Waals surface area contributed by atoms with E-state index in [0.717, 1.165) is 27.0 Å². The Morgan fingerprint density at radius 3 is 2.50 bits per heavy atom. The predicted molar refractivity (Wildman–Crippen MR) is 146 cm³/mol. The predicted octanol–water partition coefficient (Wildman–Crippen LogP) is 2.59. The van der Waals surface area contributed by atoms with Gasteiger partial charge in [-0.1, -0.05) is 36.4 Å². The van der Waals surface area contributed by atoms with Crippen LogP contribution < -0.4 is 0 Å². The van der Waals surface area contributed by atoms with Crippen molar-refractivity contribution in [3.8, 4) is 5.75 Å². The van der Waals surface area contributed by atoms with Crippen molar-refractivity contribution in [3.63, 3.8) is 0 Å². The maximum absolute atomic E-state index is 14.0. The monoisotopic (exact) mass is 545 g/mol. The molecule has 2 fully saturated rings. The summed E-state index contributed by atoms with van der Waals surface area (Å²) in [5, 5.41) is 23.2. The molecule has 0 aliphatic carbocycles. The Kier molecular flexibility index (Phi) is 7.07. The summed E-state index contributed by atoms with van der Waals surface area (Å²) in [5.74, 6) is -0.651. The van der Waals surface area contributed by atoms with Gasteiger partial charge in [-0.05, 0) is 30.2 Å². The number of carbonyl (C=O) groups excluding carboxylic acids is 3. The summed E-state index contributed by atoms with van der Waals surface area (Å²) < 4.78 is 1.86. The number of rotatable bonds is 7. The number of ketones is 1. The lowest BCUT2D eigenvalue weighted by Crippen LogP contribution is -2.75. The summed E-state index contributed by atoms with van der Waals surface area (Å²) in [6.07, 6.45) is 1.26. The van der Waals surface area contributed by atoms with Crippen LogP contribution in [0.1, 0.15) is 28.4 Å². The molecule has 2 atom stereocenters. The molecule has 2 aliphatic rings. The van der Waals surface area contributed by atoms with Crippen LogP contribution in [0.5, 0.6) is 5.75 Å². The first-order chi connectivity index (χ1) is 19.1. The zero-order chi connectivity index (χ0) is 28.7. The number of hydrogen-bond acceptors (Lipinski definition) is 6. The van der Waals surface area contributed by atoms with Crippen LogP contribution in [0, 0.1) is 0 Å². The number of phenolic OH excluding ortho intramolecular Hbond substituents is 1. The molecule has 0 radical (unpaired) electrons. The molecule has 40 heavy (non-hydrogen) atoms. The van der Waals surface area contributed by atoms with Gasteiger partial charge in [-0.15, -0.1) is 6.58 Å². The average molecular weight is 546 g/mol. The van der Waals surface area contributed by atoms with E-state index >= 15 is 0 Å². The Morgan fingerprint density at radius 1 is 1.12 bits per heavy atom. The Hall–Kier alpha value is -4.64. The lowest BCUT2D eigenvalue weighted by Gasteiger charge is -2.54. The highest BCUT2D eigenvalue weighted by atomic mass is 16.4. The number of aryl methyl sites for hydroxylation is 1. The van der Waals surface area contributed by atoms with Crippen molar-refractivity contribution >= 4 is 34.6 Å². The number of phenols is 1. The molecule has 2 saturated heterocycles. The number of carbonyl (C=O) groups is 4. The molecule has 2 N–H and O–H groups in total. The summed E-state index contributed by atoms with van der Waals surface area (Å²) in [7, 11) is 1.84. The van der Waals surface area contributed by atoms with Gasteiger partial charge in [0.25, 0.3) is 0 Å². The van der Waals surface area contributed by atoms with Gasteiger partial charge in [0.05, 0.1) is 18.6 Å². The molecule has 5 rings (SSSR count). The third-order valence-corrected chi connectivity index (χ3v) is 7.56. The van der Waals surface area contributed by atoms with Gasteiger partial charge in [-0.3, -0.25) is 14.4 Å². The van der Waals surface area contributed by atoms with Crippen molar-refractivity contribution in [2.24, 2.45) is 7.05 Å². The summed E-state index contributed by atoms with van der Waals surface area (Å²) in [6, 6.07) is 11.0. The summed E-state index contributed by atoms with van der Waals surface area (Å²) >= 11 is 0. The van der Waals surface area contributed by atoms with E-state index in [1.807, 2.05) is 29.8 Å². The fourth-order valence-corrected chi connectivity index (χ4v) is 5.85. The minimum Gasteiger partial charge on any atom is -0.508 e. The highest BCUT2D eigenvalue weighted by Crippen LogP contribution is 2.31. The number of hydrogen-bond donors (Lipinski definition) is 2. The van der Waals surface area contributed by atoms with Crippen LogP contribution in [0.4, 0.5) is 4.79 Å². The minimum absolute atomic E-state index is 0.0308. The third kappa shape index (κ3) is 4.68. The molecular formula is C29H31N5O6. The minimum atomic E-state index is -1.24. The van der Waals surface area contributed by atoms with Crippen molar-refractivity contribution in [2.45, 2.75) is 32.1 Å². The molecule has 2 aromatic carbocycles.